The third-order valence-electron chi connectivity index (χ3n) is 5.25. The van der Waals surface area contributed by atoms with Crippen molar-refractivity contribution >= 4 is 46.3 Å². The van der Waals surface area contributed by atoms with Crippen LogP contribution in [-0.4, -0.2) is 38.5 Å². The molecule has 0 unspecified atom stereocenters. The number of carboxylic acids is 1. The molecule has 0 bridgehead atoms. The van der Waals surface area contributed by atoms with Crippen LogP contribution >= 0.6 is 11.8 Å². The molecule has 1 aliphatic heterocycles. The summed E-state index contributed by atoms with van der Waals surface area (Å²) in [4.78, 5) is 41.0. The number of hydrogen-bond donors (Lipinski definition) is 1. The van der Waals surface area contributed by atoms with Crippen molar-refractivity contribution in [2.75, 3.05) is 6.54 Å². The molecule has 0 spiro atoms. The van der Waals surface area contributed by atoms with E-state index >= 15 is 0 Å². The highest BCUT2D eigenvalue weighted by molar-refractivity contribution is 8.18. The van der Waals surface area contributed by atoms with Crippen molar-refractivity contribution in [1.29, 1.82) is 0 Å². The molecule has 1 aliphatic rings. The molecule has 0 aromatic heterocycles. The summed E-state index contributed by atoms with van der Waals surface area (Å²) in [5.41, 5.74) is 2.22. The van der Waals surface area contributed by atoms with Crippen molar-refractivity contribution in [3.8, 4) is 5.75 Å². The Balaban J connectivity index is 1.45. The van der Waals surface area contributed by atoms with Gasteiger partial charge in [0.1, 0.15) is 12.4 Å². The Morgan fingerprint density at radius 1 is 1.14 bits per heavy atom. The molecule has 3 aromatic carbocycles. The quantitative estimate of drug-likeness (QED) is 0.245. The van der Waals surface area contributed by atoms with Gasteiger partial charge in [-0.1, -0.05) is 24.3 Å². The number of benzene rings is 3. The Morgan fingerprint density at radius 3 is 2.50 bits per heavy atom. The first-order valence-corrected chi connectivity index (χ1v) is 11.8. The summed E-state index contributed by atoms with van der Waals surface area (Å²) in [6.45, 7) is 2.49. The van der Waals surface area contributed by atoms with Gasteiger partial charge in [0, 0.05) is 18.7 Å². The maximum Gasteiger partial charge on any atom is 0.335 e. The maximum atomic E-state index is 12.9. The zero-order valence-electron chi connectivity index (χ0n) is 19.2. The highest BCUT2D eigenvalue weighted by Crippen LogP contribution is 2.34. The van der Waals surface area contributed by atoms with Gasteiger partial charge >= 0.3 is 5.97 Å². The molecular weight excluding hydrogens is 482 g/mol. The van der Waals surface area contributed by atoms with Crippen molar-refractivity contribution in [3.63, 3.8) is 0 Å². The molecule has 36 heavy (non-hydrogen) atoms. The predicted molar refractivity (Wildman–Crippen MR) is 137 cm³/mol. The molecular formula is C26H21N3O6S. The number of thioether (sulfide) groups is 1. The summed E-state index contributed by atoms with van der Waals surface area (Å²) in [5.74, 6) is -0.578. The summed E-state index contributed by atoms with van der Waals surface area (Å²) < 4.78 is 5.73. The number of ether oxygens (including phenoxy) is 1. The average molecular weight is 504 g/mol. The maximum absolute atomic E-state index is 12.9. The first kappa shape index (κ1) is 24.7. The van der Waals surface area contributed by atoms with Crippen LogP contribution in [0.1, 0.15) is 28.4 Å². The van der Waals surface area contributed by atoms with Gasteiger partial charge in [-0.15, -0.1) is 0 Å². The molecule has 182 valence electrons. The number of amides is 1. The lowest BCUT2D eigenvalue weighted by Gasteiger charge is -2.12. The van der Waals surface area contributed by atoms with Crippen LogP contribution in [0.2, 0.25) is 0 Å². The lowest BCUT2D eigenvalue weighted by atomic mass is 10.2. The van der Waals surface area contributed by atoms with Crippen LogP contribution in [-0.2, 0) is 11.4 Å². The largest absolute Gasteiger partial charge is 0.489 e. The number of rotatable bonds is 8. The zero-order valence-corrected chi connectivity index (χ0v) is 20.0. The van der Waals surface area contributed by atoms with Crippen LogP contribution in [0.15, 0.2) is 82.7 Å². The van der Waals surface area contributed by atoms with Crippen LogP contribution in [0.5, 0.6) is 5.75 Å². The van der Waals surface area contributed by atoms with E-state index in [1.165, 1.54) is 36.0 Å². The van der Waals surface area contributed by atoms with Gasteiger partial charge in [0.15, 0.2) is 5.17 Å². The van der Waals surface area contributed by atoms with Gasteiger partial charge in [0.2, 0.25) is 0 Å². The van der Waals surface area contributed by atoms with Crippen molar-refractivity contribution in [3.05, 3.63) is 105 Å². The number of carbonyl (C=O) groups excluding carboxylic acids is 1. The van der Waals surface area contributed by atoms with E-state index in [1.807, 2.05) is 19.1 Å². The van der Waals surface area contributed by atoms with Gasteiger partial charge in [0.05, 0.1) is 21.1 Å². The average Bonchev–Trinajstić information content (AvgIpc) is 3.17. The van der Waals surface area contributed by atoms with Gasteiger partial charge in [-0.25, -0.2) is 9.79 Å². The third kappa shape index (κ3) is 5.78. The van der Waals surface area contributed by atoms with E-state index in [4.69, 9.17) is 9.84 Å². The number of aliphatic imine (C=N–C) groups is 1. The van der Waals surface area contributed by atoms with E-state index in [1.54, 1.807) is 47.4 Å². The molecule has 1 heterocycles. The smallest absolute Gasteiger partial charge is 0.335 e. The van der Waals surface area contributed by atoms with E-state index in [2.05, 4.69) is 4.99 Å². The monoisotopic (exact) mass is 503 g/mol. The van der Waals surface area contributed by atoms with Crippen molar-refractivity contribution < 1.29 is 24.4 Å². The lowest BCUT2D eigenvalue weighted by Crippen LogP contribution is -2.28. The predicted octanol–water partition coefficient (Wildman–Crippen LogP) is 5.50. The van der Waals surface area contributed by atoms with Crippen LogP contribution < -0.4 is 4.74 Å². The minimum atomic E-state index is -1.01. The van der Waals surface area contributed by atoms with E-state index < -0.39 is 10.9 Å². The molecule has 1 N–H and O–H groups in total. The summed E-state index contributed by atoms with van der Waals surface area (Å²) in [6.07, 6.45) is 1.77. The molecule has 0 saturated carbocycles. The summed E-state index contributed by atoms with van der Waals surface area (Å²) >= 11 is 1.25. The van der Waals surface area contributed by atoms with Gasteiger partial charge in [-0.05, 0) is 72.3 Å². The standard InChI is InChI=1S/C26H21N3O6S/c1-2-28-24(30)23(36-26(28)27-20-10-8-19(9-11-20)25(31)32)15-17-6-12-22(13-7-17)35-16-18-4-3-5-21(14-18)29(33)34/h3-15H,2,16H2,1H3,(H,31,32). The number of nitro benzene ring substituents is 1. The zero-order chi connectivity index (χ0) is 25.7. The number of nitro groups is 1. The molecule has 0 radical (unpaired) electrons. The second-order valence-electron chi connectivity index (χ2n) is 7.69. The van der Waals surface area contributed by atoms with E-state index in [-0.39, 0.29) is 23.8 Å². The van der Waals surface area contributed by atoms with Crippen molar-refractivity contribution in [2.24, 2.45) is 4.99 Å². The van der Waals surface area contributed by atoms with E-state index in [0.29, 0.717) is 33.6 Å². The number of aromatic carboxylic acids is 1. The third-order valence-corrected chi connectivity index (χ3v) is 6.25. The first-order chi connectivity index (χ1) is 17.3. The second kappa shape index (κ2) is 10.9. The molecule has 10 heteroatoms. The van der Waals surface area contributed by atoms with Gasteiger partial charge in [-0.2, -0.15) is 0 Å². The number of non-ortho nitro benzene ring substituents is 1. The van der Waals surface area contributed by atoms with Crippen LogP contribution in [0.4, 0.5) is 11.4 Å². The molecule has 4 rings (SSSR count). The van der Waals surface area contributed by atoms with Crippen LogP contribution in [0, 0.1) is 10.1 Å². The molecule has 9 nitrogen and oxygen atoms in total. The Bertz CT molecular complexity index is 1370. The fourth-order valence-corrected chi connectivity index (χ4v) is 4.46. The molecule has 0 atom stereocenters. The molecule has 3 aromatic rings. The fraction of sp³-hybridized carbons (Fsp3) is 0.115. The minimum absolute atomic E-state index is 0.0121. The van der Waals surface area contributed by atoms with Gasteiger partial charge < -0.3 is 9.84 Å². The Morgan fingerprint density at radius 2 is 1.86 bits per heavy atom. The molecule has 1 amide bonds. The number of likely N-dealkylation sites (N-methyl/N-ethyl adjacent to an activating group) is 1. The molecule has 1 fully saturated rings. The Kier molecular flexibility index (Phi) is 7.45. The number of carbonyl (C=O) groups is 2. The van der Waals surface area contributed by atoms with Crippen molar-refractivity contribution in [1.82, 2.24) is 4.90 Å². The van der Waals surface area contributed by atoms with Crippen LogP contribution in [0.25, 0.3) is 6.08 Å². The SMILES string of the molecule is CCN1C(=O)C(=Cc2ccc(OCc3cccc([N+](=O)[O-])c3)cc2)SC1=Nc1ccc(C(=O)O)cc1. The second-order valence-corrected chi connectivity index (χ2v) is 8.70. The van der Waals surface area contributed by atoms with Crippen LogP contribution in [0.3, 0.4) is 0 Å². The molecule has 0 aliphatic carbocycles. The lowest BCUT2D eigenvalue weighted by molar-refractivity contribution is -0.384. The van der Waals surface area contributed by atoms with E-state index in [9.17, 15) is 19.7 Å². The highest BCUT2D eigenvalue weighted by atomic mass is 32.2. The fourth-order valence-electron chi connectivity index (χ4n) is 3.40. The topological polar surface area (TPSA) is 122 Å². The Labute approximate surface area is 210 Å². The normalized spacial score (nSPS) is 15.5. The number of nitrogens with zero attached hydrogens (tertiary/aromatic N) is 3. The van der Waals surface area contributed by atoms with Crippen molar-refractivity contribution in [2.45, 2.75) is 13.5 Å². The summed E-state index contributed by atoms with van der Waals surface area (Å²) in [5, 5.41) is 20.5. The summed E-state index contributed by atoms with van der Waals surface area (Å²) in [6, 6.07) is 19.6. The number of carboxylic acid groups (broad SMARTS) is 1. The van der Waals surface area contributed by atoms with Gasteiger partial charge in [0.25, 0.3) is 11.6 Å². The van der Waals surface area contributed by atoms with E-state index in [0.717, 1.165) is 5.56 Å². The number of amidine groups is 1. The first-order valence-electron chi connectivity index (χ1n) is 10.9. The van der Waals surface area contributed by atoms with Gasteiger partial charge in [-0.3, -0.25) is 19.8 Å². The Hall–Kier alpha value is -4.44. The highest BCUT2D eigenvalue weighted by Gasteiger charge is 2.32. The summed E-state index contributed by atoms with van der Waals surface area (Å²) in [7, 11) is 0. The molecule has 1 saturated heterocycles. The minimum Gasteiger partial charge on any atom is -0.489 e. The number of hydrogen-bond acceptors (Lipinski definition) is 7.